The monoisotopic (exact) mass is 291 g/mol. The van der Waals surface area contributed by atoms with Crippen molar-refractivity contribution >= 4 is 5.69 Å². The quantitative estimate of drug-likeness (QED) is 0.884. The Morgan fingerprint density at radius 3 is 2.29 bits per heavy atom. The molecule has 0 saturated heterocycles. The molecule has 0 atom stereocenters. The van der Waals surface area contributed by atoms with Gasteiger partial charge in [-0.15, -0.1) is 0 Å². The second-order valence-electron chi connectivity index (χ2n) is 4.39. The summed E-state index contributed by atoms with van der Waals surface area (Å²) >= 11 is 0. The fraction of sp³-hybridized carbons (Fsp3) is 0.250. The molecule has 0 heterocycles. The molecule has 0 fully saturated rings. The molecule has 0 aromatic heterocycles. The normalized spacial score (nSPS) is 10.1. The third-order valence-corrected chi connectivity index (χ3v) is 3.11. The first-order valence-electron chi connectivity index (χ1n) is 6.46. The first-order chi connectivity index (χ1) is 10.2. The first kappa shape index (κ1) is 15.0. The molecule has 0 unspecified atom stereocenters. The van der Waals surface area contributed by atoms with Crippen molar-refractivity contribution in [2.24, 2.45) is 0 Å². The van der Waals surface area contributed by atoms with E-state index in [9.17, 15) is 4.39 Å². The maximum atomic E-state index is 13.8. The summed E-state index contributed by atoms with van der Waals surface area (Å²) in [7, 11) is 4.67. The summed E-state index contributed by atoms with van der Waals surface area (Å²) in [6, 6.07) is 10.3. The lowest BCUT2D eigenvalue weighted by atomic mass is 10.2. The zero-order valence-electron chi connectivity index (χ0n) is 12.3. The zero-order valence-corrected chi connectivity index (χ0v) is 12.3. The van der Waals surface area contributed by atoms with Crippen molar-refractivity contribution in [1.82, 2.24) is 0 Å². The highest BCUT2D eigenvalue weighted by molar-refractivity contribution is 5.49. The number of benzene rings is 2. The lowest BCUT2D eigenvalue weighted by Crippen LogP contribution is -2.02. The molecule has 21 heavy (non-hydrogen) atoms. The Morgan fingerprint density at radius 1 is 0.905 bits per heavy atom. The number of anilines is 1. The van der Waals surface area contributed by atoms with Gasteiger partial charge in [0.1, 0.15) is 11.6 Å². The van der Waals surface area contributed by atoms with Crippen LogP contribution in [0.3, 0.4) is 0 Å². The average molecular weight is 291 g/mol. The molecule has 0 amide bonds. The van der Waals surface area contributed by atoms with Crippen LogP contribution < -0.4 is 19.5 Å². The van der Waals surface area contributed by atoms with Crippen LogP contribution in [0.15, 0.2) is 36.4 Å². The molecule has 2 aromatic carbocycles. The van der Waals surface area contributed by atoms with Gasteiger partial charge in [-0.25, -0.2) is 4.39 Å². The van der Waals surface area contributed by atoms with Gasteiger partial charge in [-0.3, -0.25) is 0 Å². The zero-order chi connectivity index (χ0) is 15.2. The molecule has 4 nitrogen and oxygen atoms in total. The van der Waals surface area contributed by atoms with E-state index in [1.165, 1.54) is 13.2 Å². The number of hydrogen-bond acceptors (Lipinski definition) is 4. The number of halogens is 1. The molecule has 0 spiro atoms. The fourth-order valence-electron chi connectivity index (χ4n) is 1.95. The molecule has 0 radical (unpaired) electrons. The predicted molar refractivity (Wildman–Crippen MR) is 79.8 cm³/mol. The Labute approximate surface area is 123 Å². The minimum atomic E-state index is -0.352. The molecule has 2 rings (SSSR count). The average Bonchev–Trinajstić information content (AvgIpc) is 2.53. The molecule has 5 heteroatoms. The van der Waals surface area contributed by atoms with Gasteiger partial charge in [0.25, 0.3) is 0 Å². The Bertz CT molecular complexity index is 616. The number of nitrogens with one attached hydrogen (secondary N) is 1. The van der Waals surface area contributed by atoms with E-state index in [1.807, 2.05) is 18.2 Å². The molecular formula is C16H18FNO3. The van der Waals surface area contributed by atoms with E-state index in [-0.39, 0.29) is 5.82 Å². The third-order valence-electron chi connectivity index (χ3n) is 3.11. The van der Waals surface area contributed by atoms with E-state index in [0.29, 0.717) is 29.5 Å². The molecule has 0 bridgehead atoms. The predicted octanol–water partition coefficient (Wildman–Crippen LogP) is 3.46. The van der Waals surface area contributed by atoms with Crippen LogP contribution >= 0.6 is 0 Å². The highest BCUT2D eigenvalue weighted by atomic mass is 19.1. The second kappa shape index (κ2) is 6.83. The van der Waals surface area contributed by atoms with Gasteiger partial charge in [-0.05, 0) is 29.8 Å². The van der Waals surface area contributed by atoms with Gasteiger partial charge >= 0.3 is 0 Å². The van der Waals surface area contributed by atoms with E-state index in [0.717, 1.165) is 5.56 Å². The van der Waals surface area contributed by atoms with Gasteiger partial charge in [0.2, 0.25) is 0 Å². The molecule has 0 aliphatic carbocycles. The van der Waals surface area contributed by atoms with E-state index in [4.69, 9.17) is 14.2 Å². The van der Waals surface area contributed by atoms with E-state index >= 15 is 0 Å². The lowest BCUT2D eigenvalue weighted by Gasteiger charge is -2.12. The maximum Gasteiger partial charge on any atom is 0.161 e. The highest BCUT2D eigenvalue weighted by Crippen LogP contribution is 2.28. The van der Waals surface area contributed by atoms with Gasteiger partial charge in [0.05, 0.1) is 27.0 Å². The summed E-state index contributed by atoms with van der Waals surface area (Å²) in [6.07, 6.45) is 0. The maximum absolute atomic E-state index is 13.8. The Kier molecular flexibility index (Phi) is 4.87. The van der Waals surface area contributed by atoms with Crippen molar-refractivity contribution in [1.29, 1.82) is 0 Å². The SMILES string of the molecule is COc1ccc(NCc2ccc(OC)c(OC)c2)c(F)c1. The van der Waals surface area contributed by atoms with E-state index in [2.05, 4.69) is 5.32 Å². The Morgan fingerprint density at radius 2 is 1.67 bits per heavy atom. The summed E-state index contributed by atoms with van der Waals surface area (Å²) in [5, 5.41) is 3.04. The Hall–Kier alpha value is -2.43. The van der Waals surface area contributed by atoms with Crippen molar-refractivity contribution in [2.45, 2.75) is 6.54 Å². The van der Waals surface area contributed by atoms with Gasteiger partial charge in [-0.1, -0.05) is 6.07 Å². The van der Waals surface area contributed by atoms with Gasteiger partial charge in [-0.2, -0.15) is 0 Å². The summed E-state index contributed by atoms with van der Waals surface area (Å²) in [5.74, 6) is 1.45. The van der Waals surface area contributed by atoms with Crippen LogP contribution in [0.5, 0.6) is 17.2 Å². The Balaban J connectivity index is 2.09. The number of hydrogen-bond donors (Lipinski definition) is 1. The van der Waals surface area contributed by atoms with Crippen LogP contribution in [-0.2, 0) is 6.54 Å². The van der Waals surface area contributed by atoms with Crippen molar-refractivity contribution in [3.05, 3.63) is 47.8 Å². The van der Waals surface area contributed by atoms with Crippen molar-refractivity contribution < 1.29 is 18.6 Å². The van der Waals surface area contributed by atoms with Crippen LogP contribution in [0, 0.1) is 5.82 Å². The van der Waals surface area contributed by atoms with Crippen LogP contribution in [0.2, 0.25) is 0 Å². The molecule has 0 aliphatic rings. The van der Waals surface area contributed by atoms with Crippen LogP contribution in [0.25, 0.3) is 0 Å². The summed E-state index contributed by atoms with van der Waals surface area (Å²) in [5.41, 5.74) is 1.38. The number of methoxy groups -OCH3 is 3. The fourth-order valence-corrected chi connectivity index (χ4v) is 1.95. The lowest BCUT2D eigenvalue weighted by molar-refractivity contribution is 0.354. The molecule has 112 valence electrons. The van der Waals surface area contributed by atoms with Crippen LogP contribution in [0.1, 0.15) is 5.56 Å². The largest absolute Gasteiger partial charge is 0.497 e. The van der Waals surface area contributed by atoms with Crippen molar-refractivity contribution in [3.8, 4) is 17.2 Å². The van der Waals surface area contributed by atoms with Crippen LogP contribution in [0.4, 0.5) is 10.1 Å². The van der Waals surface area contributed by atoms with Crippen molar-refractivity contribution in [2.75, 3.05) is 26.6 Å². The van der Waals surface area contributed by atoms with E-state index in [1.54, 1.807) is 26.4 Å². The molecule has 2 aromatic rings. The third kappa shape index (κ3) is 3.56. The number of rotatable bonds is 6. The number of ether oxygens (including phenoxy) is 3. The molecule has 0 aliphatic heterocycles. The molecule has 0 saturated carbocycles. The minimum absolute atomic E-state index is 0.352. The molecular weight excluding hydrogens is 273 g/mol. The topological polar surface area (TPSA) is 39.7 Å². The second-order valence-corrected chi connectivity index (χ2v) is 4.39. The highest BCUT2D eigenvalue weighted by Gasteiger charge is 2.06. The van der Waals surface area contributed by atoms with Crippen molar-refractivity contribution in [3.63, 3.8) is 0 Å². The van der Waals surface area contributed by atoms with Gasteiger partial charge < -0.3 is 19.5 Å². The summed E-state index contributed by atoms with van der Waals surface area (Å²) in [4.78, 5) is 0. The molecule has 1 N–H and O–H groups in total. The first-order valence-corrected chi connectivity index (χ1v) is 6.46. The minimum Gasteiger partial charge on any atom is -0.497 e. The standard InChI is InChI=1S/C16H18FNO3/c1-19-12-5-6-14(13(17)9-12)18-10-11-4-7-15(20-2)16(8-11)21-3/h4-9,18H,10H2,1-3H3. The van der Waals surface area contributed by atoms with E-state index < -0.39 is 0 Å². The smallest absolute Gasteiger partial charge is 0.161 e. The van der Waals surface area contributed by atoms with Gasteiger partial charge in [0, 0.05) is 12.6 Å². The summed E-state index contributed by atoms with van der Waals surface area (Å²) < 4.78 is 29.2. The summed E-state index contributed by atoms with van der Waals surface area (Å²) in [6.45, 7) is 0.476. The van der Waals surface area contributed by atoms with Crippen LogP contribution in [-0.4, -0.2) is 21.3 Å². The van der Waals surface area contributed by atoms with Gasteiger partial charge in [0.15, 0.2) is 11.5 Å².